The van der Waals surface area contributed by atoms with E-state index in [0.717, 1.165) is 11.1 Å². The fourth-order valence-corrected chi connectivity index (χ4v) is 2.74. The van der Waals surface area contributed by atoms with E-state index in [2.05, 4.69) is 9.97 Å². The molecule has 1 heterocycles. The molecule has 1 N–H and O–H groups in total. The first kappa shape index (κ1) is 18.2. The number of ether oxygens (including phenoxy) is 2. The molecule has 0 aliphatic heterocycles. The van der Waals surface area contributed by atoms with E-state index in [1.165, 1.54) is 18.2 Å². The highest BCUT2D eigenvalue weighted by atomic mass is 19.1. The van der Waals surface area contributed by atoms with E-state index in [1.807, 2.05) is 38.1 Å². The normalized spacial score (nSPS) is 11.8. The molecule has 1 aromatic heterocycles. The van der Waals surface area contributed by atoms with Gasteiger partial charge in [-0.2, -0.15) is 0 Å². The minimum Gasteiger partial charge on any atom is -0.382 e. The van der Waals surface area contributed by atoms with Gasteiger partial charge in [-0.3, -0.25) is 4.79 Å². The summed E-state index contributed by atoms with van der Waals surface area (Å²) in [5, 5.41) is 0.234. The average Bonchev–Trinajstić information content (AvgIpc) is 2.62. The summed E-state index contributed by atoms with van der Waals surface area (Å²) in [6.07, 6.45) is 0. The van der Waals surface area contributed by atoms with Crippen molar-refractivity contribution in [3.05, 3.63) is 64.2 Å². The summed E-state index contributed by atoms with van der Waals surface area (Å²) >= 11 is 0. The fraction of sp³-hybridized carbons (Fsp3) is 0.300. The van der Waals surface area contributed by atoms with Crippen LogP contribution >= 0.6 is 0 Å². The summed E-state index contributed by atoms with van der Waals surface area (Å²) in [5.41, 5.74) is 1.40. The number of nitrogens with one attached hydrogen (secondary N) is 1. The third-order valence-corrected chi connectivity index (χ3v) is 4.27. The molecule has 5 nitrogen and oxygen atoms in total. The fourth-order valence-electron chi connectivity index (χ4n) is 2.74. The molecule has 3 aromatic rings. The quantitative estimate of drug-likeness (QED) is 0.685. The molecule has 0 bridgehead atoms. The van der Waals surface area contributed by atoms with Gasteiger partial charge >= 0.3 is 0 Å². The van der Waals surface area contributed by atoms with Crippen molar-refractivity contribution in [3.63, 3.8) is 0 Å². The molecule has 0 spiro atoms. The van der Waals surface area contributed by atoms with Crippen LogP contribution in [0.4, 0.5) is 4.39 Å². The average molecular weight is 356 g/mol. The zero-order chi connectivity index (χ0) is 18.7. The van der Waals surface area contributed by atoms with Crippen molar-refractivity contribution in [1.82, 2.24) is 9.97 Å². The summed E-state index contributed by atoms with van der Waals surface area (Å²) in [5.74, 6) is -0.0172. The van der Waals surface area contributed by atoms with E-state index >= 15 is 0 Å². The van der Waals surface area contributed by atoms with Crippen LogP contribution in [0, 0.1) is 5.82 Å². The Bertz CT molecular complexity index is 965. The Hall–Kier alpha value is -2.57. The van der Waals surface area contributed by atoms with Crippen molar-refractivity contribution in [2.24, 2.45) is 0 Å². The maximum Gasteiger partial charge on any atom is 0.259 e. The number of H-pyrrole nitrogens is 1. The molecule has 0 aliphatic rings. The largest absolute Gasteiger partial charge is 0.382 e. The number of halogens is 1. The van der Waals surface area contributed by atoms with Crippen LogP contribution in [0.2, 0.25) is 0 Å². The Morgan fingerprint density at radius 2 is 1.85 bits per heavy atom. The van der Waals surface area contributed by atoms with Crippen molar-refractivity contribution < 1.29 is 13.9 Å². The van der Waals surface area contributed by atoms with Crippen LogP contribution in [0.25, 0.3) is 22.3 Å². The van der Waals surface area contributed by atoms with Gasteiger partial charge in [0.25, 0.3) is 5.56 Å². The van der Waals surface area contributed by atoms with Crippen molar-refractivity contribution >= 4 is 10.9 Å². The standard InChI is InChI=1S/C20H21FN2O3/c1-20(2,26-11-10-25-3)14-6-4-13(5-7-14)18-22-17-9-8-15(21)12-16(17)19(24)23-18/h4-9,12H,10-11H2,1-3H3,(H,22,23,24). The Kier molecular flexibility index (Phi) is 5.15. The molecule has 0 saturated heterocycles. The van der Waals surface area contributed by atoms with Crippen molar-refractivity contribution in [3.8, 4) is 11.4 Å². The number of hydrogen-bond acceptors (Lipinski definition) is 4. The van der Waals surface area contributed by atoms with E-state index in [9.17, 15) is 9.18 Å². The Balaban J connectivity index is 1.90. The molecule has 2 aromatic carbocycles. The highest BCUT2D eigenvalue weighted by molar-refractivity contribution is 5.79. The zero-order valence-electron chi connectivity index (χ0n) is 15.0. The molecular weight excluding hydrogens is 335 g/mol. The first-order chi connectivity index (χ1) is 12.4. The smallest absolute Gasteiger partial charge is 0.259 e. The molecule has 0 aliphatic carbocycles. The second-order valence-electron chi connectivity index (χ2n) is 6.50. The Labute approximate surface area is 150 Å². The molecule has 0 radical (unpaired) electrons. The number of methoxy groups -OCH3 is 1. The third kappa shape index (κ3) is 3.81. The first-order valence-corrected chi connectivity index (χ1v) is 8.34. The van der Waals surface area contributed by atoms with Gasteiger partial charge in [-0.05, 0) is 37.6 Å². The second-order valence-corrected chi connectivity index (χ2v) is 6.50. The van der Waals surface area contributed by atoms with Gasteiger partial charge in [-0.1, -0.05) is 24.3 Å². The first-order valence-electron chi connectivity index (χ1n) is 8.34. The lowest BCUT2D eigenvalue weighted by molar-refractivity contribution is -0.0431. The highest BCUT2D eigenvalue weighted by Crippen LogP contribution is 2.27. The summed E-state index contributed by atoms with van der Waals surface area (Å²) in [6, 6.07) is 11.6. The molecule has 0 atom stereocenters. The van der Waals surface area contributed by atoms with Gasteiger partial charge in [0.05, 0.1) is 29.7 Å². The van der Waals surface area contributed by atoms with Crippen LogP contribution in [0.3, 0.4) is 0 Å². The molecule has 26 heavy (non-hydrogen) atoms. The van der Waals surface area contributed by atoms with Gasteiger partial charge in [0.1, 0.15) is 11.6 Å². The predicted molar refractivity (Wildman–Crippen MR) is 98.6 cm³/mol. The molecule has 3 rings (SSSR count). The van der Waals surface area contributed by atoms with Crippen LogP contribution in [0.5, 0.6) is 0 Å². The number of rotatable bonds is 6. The Morgan fingerprint density at radius 3 is 2.54 bits per heavy atom. The van der Waals surface area contributed by atoms with E-state index in [0.29, 0.717) is 24.6 Å². The van der Waals surface area contributed by atoms with Gasteiger partial charge in [0, 0.05) is 12.7 Å². The van der Waals surface area contributed by atoms with Gasteiger partial charge in [0.15, 0.2) is 0 Å². The lowest BCUT2D eigenvalue weighted by Gasteiger charge is -2.26. The summed E-state index contributed by atoms with van der Waals surface area (Å²) in [7, 11) is 1.64. The second kappa shape index (κ2) is 7.35. The molecule has 136 valence electrons. The van der Waals surface area contributed by atoms with Crippen LogP contribution < -0.4 is 5.56 Å². The molecule has 0 amide bonds. The van der Waals surface area contributed by atoms with Gasteiger partial charge in [-0.15, -0.1) is 0 Å². The van der Waals surface area contributed by atoms with E-state index in [1.54, 1.807) is 7.11 Å². The predicted octanol–water partition coefficient (Wildman–Crippen LogP) is 3.63. The Morgan fingerprint density at radius 1 is 1.12 bits per heavy atom. The highest BCUT2D eigenvalue weighted by Gasteiger charge is 2.21. The molecule has 6 heteroatoms. The lowest BCUT2D eigenvalue weighted by atomic mass is 9.96. The van der Waals surface area contributed by atoms with Crippen molar-refractivity contribution in [2.75, 3.05) is 20.3 Å². The van der Waals surface area contributed by atoms with Gasteiger partial charge in [-0.25, -0.2) is 9.37 Å². The van der Waals surface area contributed by atoms with Crippen LogP contribution in [0.1, 0.15) is 19.4 Å². The maximum atomic E-state index is 13.3. The number of aromatic amines is 1. The van der Waals surface area contributed by atoms with Crippen LogP contribution in [0.15, 0.2) is 47.3 Å². The molecular formula is C20H21FN2O3. The third-order valence-electron chi connectivity index (χ3n) is 4.27. The number of benzene rings is 2. The lowest BCUT2D eigenvalue weighted by Crippen LogP contribution is -2.23. The maximum absolute atomic E-state index is 13.3. The van der Waals surface area contributed by atoms with E-state index in [4.69, 9.17) is 9.47 Å². The summed E-state index contributed by atoms with van der Waals surface area (Å²) in [6.45, 7) is 5.01. The summed E-state index contributed by atoms with van der Waals surface area (Å²) in [4.78, 5) is 19.3. The topological polar surface area (TPSA) is 64.2 Å². The molecule has 0 saturated carbocycles. The van der Waals surface area contributed by atoms with Crippen LogP contribution in [-0.2, 0) is 15.1 Å². The SMILES string of the molecule is COCCOC(C)(C)c1ccc(-c2nc3ccc(F)cc3c(=O)[nH]2)cc1. The minimum absolute atomic E-state index is 0.234. The number of aromatic nitrogens is 2. The monoisotopic (exact) mass is 356 g/mol. The summed E-state index contributed by atoms with van der Waals surface area (Å²) < 4.78 is 24.2. The zero-order valence-corrected chi connectivity index (χ0v) is 15.0. The van der Waals surface area contributed by atoms with E-state index < -0.39 is 11.4 Å². The van der Waals surface area contributed by atoms with Crippen molar-refractivity contribution in [2.45, 2.75) is 19.4 Å². The van der Waals surface area contributed by atoms with Gasteiger partial charge < -0.3 is 14.5 Å². The van der Waals surface area contributed by atoms with Gasteiger partial charge in [0.2, 0.25) is 0 Å². The van der Waals surface area contributed by atoms with E-state index in [-0.39, 0.29) is 10.9 Å². The molecule has 0 fully saturated rings. The molecule has 0 unspecified atom stereocenters. The number of fused-ring (bicyclic) bond motifs is 1. The number of nitrogens with zero attached hydrogens (tertiary/aromatic N) is 1. The van der Waals surface area contributed by atoms with Crippen molar-refractivity contribution in [1.29, 1.82) is 0 Å². The van der Waals surface area contributed by atoms with Crippen LogP contribution in [-0.4, -0.2) is 30.3 Å². The number of hydrogen-bond donors (Lipinski definition) is 1. The minimum atomic E-state index is -0.461.